The minimum Gasteiger partial charge on any atom is -0.479 e. The van der Waals surface area contributed by atoms with Crippen LogP contribution < -0.4 is 0 Å². The van der Waals surface area contributed by atoms with Crippen LogP contribution in [-0.4, -0.2) is 58.0 Å². The van der Waals surface area contributed by atoms with Gasteiger partial charge in [-0.05, 0) is 58.7 Å². The van der Waals surface area contributed by atoms with Crippen molar-refractivity contribution < 1.29 is 38.1 Å². The molecule has 1 aliphatic heterocycles. The first-order chi connectivity index (χ1) is 16.1. The highest BCUT2D eigenvalue weighted by Crippen LogP contribution is 2.32. The van der Waals surface area contributed by atoms with E-state index in [1.165, 1.54) is 29.2 Å². The van der Waals surface area contributed by atoms with E-state index < -0.39 is 41.2 Å². The van der Waals surface area contributed by atoms with Crippen molar-refractivity contribution in [3.05, 3.63) is 35.6 Å². The second-order valence-electron chi connectivity index (χ2n) is 10.7. The number of hydrogen-bond acceptors (Lipinski definition) is 6. The lowest BCUT2D eigenvalue weighted by molar-refractivity contribution is -0.301. The summed E-state index contributed by atoms with van der Waals surface area (Å²) in [6, 6.07) is 3.83. The van der Waals surface area contributed by atoms with Crippen molar-refractivity contribution in [2.24, 2.45) is 5.92 Å². The van der Waals surface area contributed by atoms with Crippen molar-refractivity contribution in [1.29, 1.82) is 0 Å². The van der Waals surface area contributed by atoms with Crippen molar-refractivity contribution >= 4 is 17.8 Å². The minimum atomic E-state index is -1.27. The third kappa shape index (κ3) is 8.89. The van der Waals surface area contributed by atoms with Crippen LogP contribution in [0, 0.1) is 11.7 Å². The molecule has 2 unspecified atom stereocenters. The van der Waals surface area contributed by atoms with Gasteiger partial charge in [-0.25, -0.2) is 9.18 Å². The van der Waals surface area contributed by atoms with Gasteiger partial charge in [0.25, 0.3) is 0 Å². The molecule has 1 heterocycles. The molecule has 9 heteroatoms. The van der Waals surface area contributed by atoms with Crippen LogP contribution >= 0.6 is 0 Å². The number of benzene rings is 1. The highest BCUT2D eigenvalue weighted by atomic mass is 19.1. The Morgan fingerprint density at radius 1 is 1.14 bits per heavy atom. The van der Waals surface area contributed by atoms with E-state index in [0.717, 1.165) is 0 Å². The van der Waals surface area contributed by atoms with E-state index in [-0.39, 0.29) is 30.9 Å². The fourth-order valence-electron chi connectivity index (χ4n) is 4.17. The Morgan fingerprint density at radius 2 is 1.71 bits per heavy atom. The van der Waals surface area contributed by atoms with Gasteiger partial charge >= 0.3 is 11.9 Å². The maximum absolute atomic E-state index is 13.4. The molecule has 2 rings (SSSR count). The Kier molecular flexibility index (Phi) is 9.42. The quantitative estimate of drug-likeness (QED) is 0.504. The summed E-state index contributed by atoms with van der Waals surface area (Å²) >= 11 is 0. The number of ether oxygens (including phenoxy) is 3. The monoisotopic (exact) mass is 495 g/mol. The molecule has 196 valence electrons. The van der Waals surface area contributed by atoms with Crippen molar-refractivity contribution in [1.82, 2.24) is 4.90 Å². The topological polar surface area (TPSA) is 102 Å². The number of nitrogens with zero attached hydrogens (tertiary/aromatic N) is 1. The third-order valence-corrected chi connectivity index (χ3v) is 5.44. The number of carbonyl (C=O) groups is 3. The SMILES string of the molecule is CC(C)C(=O)N(CCC1C[C@H](CC(=O)OC(C)(C)C)OC(C)(C)O1)C(C(=O)O)c1ccc(F)cc1. The van der Waals surface area contributed by atoms with Crippen LogP contribution in [0.5, 0.6) is 0 Å². The molecule has 0 bridgehead atoms. The first kappa shape index (κ1) is 28.7. The standard InChI is InChI=1S/C26H38FNO7/c1-16(2)23(30)28(22(24(31)32)17-8-10-18(27)11-9-17)13-12-19-14-20(34-26(6,7)33-19)15-21(29)35-25(3,4)5/h8-11,16,19-20,22H,12-15H2,1-7H3,(H,31,32)/t19?,20-,22?/m1/s1. The van der Waals surface area contributed by atoms with Gasteiger partial charge in [0.05, 0.1) is 18.6 Å². The lowest BCUT2D eigenvalue weighted by Crippen LogP contribution is -2.48. The van der Waals surface area contributed by atoms with Crippen molar-refractivity contribution in [2.75, 3.05) is 6.54 Å². The molecule has 0 aromatic heterocycles. The van der Waals surface area contributed by atoms with Gasteiger partial charge in [0.1, 0.15) is 11.4 Å². The Morgan fingerprint density at radius 3 is 2.23 bits per heavy atom. The van der Waals surface area contributed by atoms with Gasteiger partial charge in [0.15, 0.2) is 11.8 Å². The largest absolute Gasteiger partial charge is 0.479 e. The number of carbonyl (C=O) groups excluding carboxylic acids is 2. The van der Waals surface area contributed by atoms with Crippen LogP contribution in [0.1, 0.15) is 79.3 Å². The fraction of sp³-hybridized carbons (Fsp3) is 0.654. The number of amides is 1. The molecule has 0 aliphatic carbocycles. The molecule has 1 aromatic rings. The summed E-state index contributed by atoms with van der Waals surface area (Å²) in [5.41, 5.74) is -0.301. The van der Waals surface area contributed by atoms with Gasteiger partial charge in [-0.15, -0.1) is 0 Å². The van der Waals surface area contributed by atoms with Crippen LogP contribution in [-0.2, 0) is 28.6 Å². The molecule has 1 aliphatic rings. The summed E-state index contributed by atoms with van der Waals surface area (Å²) in [6.45, 7) is 12.4. The summed E-state index contributed by atoms with van der Waals surface area (Å²) in [5, 5.41) is 9.96. The van der Waals surface area contributed by atoms with E-state index in [1.807, 2.05) is 0 Å². The van der Waals surface area contributed by atoms with Gasteiger partial charge in [-0.1, -0.05) is 26.0 Å². The van der Waals surface area contributed by atoms with Crippen molar-refractivity contribution in [2.45, 2.75) is 97.4 Å². The van der Waals surface area contributed by atoms with Gasteiger partial charge < -0.3 is 24.2 Å². The lowest BCUT2D eigenvalue weighted by Gasteiger charge is -2.41. The lowest BCUT2D eigenvalue weighted by atomic mass is 10.00. The average Bonchev–Trinajstić information content (AvgIpc) is 2.68. The highest BCUT2D eigenvalue weighted by molar-refractivity contribution is 5.85. The zero-order valence-corrected chi connectivity index (χ0v) is 21.7. The number of esters is 1. The number of aliphatic carboxylic acids is 1. The molecule has 1 N–H and O–H groups in total. The van der Waals surface area contributed by atoms with Crippen molar-refractivity contribution in [3.8, 4) is 0 Å². The van der Waals surface area contributed by atoms with Crippen LogP contribution in [0.2, 0.25) is 0 Å². The first-order valence-corrected chi connectivity index (χ1v) is 11.9. The Bertz CT molecular complexity index is 892. The minimum absolute atomic E-state index is 0.0581. The molecule has 1 fully saturated rings. The second-order valence-corrected chi connectivity index (χ2v) is 10.7. The molecular weight excluding hydrogens is 457 g/mol. The van der Waals surface area contributed by atoms with Crippen LogP contribution in [0.4, 0.5) is 4.39 Å². The normalized spacial score (nSPS) is 20.8. The third-order valence-electron chi connectivity index (χ3n) is 5.44. The van der Waals surface area contributed by atoms with E-state index in [0.29, 0.717) is 18.4 Å². The zero-order chi connectivity index (χ0) is 26.6. The molecular formula is C26H38FNO7. The van der Waals surface area contributed by atoms with Gasteiger partial charge in [0.2, 0.25) is 5.91 Å². The number of hydrogen-bond donors (Lipinski definition) is 1. The van der Waals surface area contributed by atoms with E-state index in [2.05, 4.69) is 0 Å². The van der Waals surface area contributed by atoms with Gasteiger partial charge in [-0.2, -0.15) is 0 Å². The van der Waals surface area contributed by atoms with E-state index in [4.69, 9.17) is 14.2 Å². The number of rotatable bonds is 9. The van der Waals surface area contributed by atoms with E-state index in [9.17, 15) is 23.9 Å². The summed E-state index contributed by atoms with van der Waals surface area (Å²) in [5.74, 6) is -3.82. The van der Waals surface area contributed by atoms with Crippen molar-refractivity contribution in [3.63, 3.8) is 0 Å². The Balaban J connectivity index is 2.19. The number of carboxylic acids is 1. The predicted octanol–water partition coefficient (Wildman–Crippen LogP) is 4.47. The average molecular weight is 496 g/mol. The molecule has 35 heavy (non-hydrogen) atoms. The first-order valence-electron chi connectivity index (χ1n) is 11.9. The molecule has 0 radical (unpaired) electrons. The molecule has 3 atom stereocenters. The summed E-state index contributed by atoms with van der Waals surface area (Å²) < 4.78 is 30.8. The smallest absolute Gasteiger partial charge is 0.331 e. The number of carboxylic acid groups (broad SMARTS) is 1. The summed E-state index contributed by atoms with van der Waals surface area (Å²) in [7, 11) is 0. The van der Waals surface area contributed by atoms with E-state index in [1.54, 1.807) is 48.5 Å². The van der Waals surface area contributed by atoms with Crippen LogP contribution in [0.25, 0.3) is 0 Å². The maximum atomic E-state index is 13.4. The summed E-state index contributed by atoms with van der Waals surface area (Å²) in [4.78, 5) is 38.9. The molecule has 1 saturated heterocycles. The Labute approximate surface area is 206 Å². The fourth-order valence-corrected chi connectivity index (χ4v) is 4.17. The van der Waals surface area contributed by atoms with Gasteiger partial charge in [-0.3, -0.25) is 9.59 Å². The predicted molar refractivity (Wildman–Crippen MR) is 127 cm³/mol. The summed E-state index contributed by atoms with van der Waals surface area (Å²) in [6.07, 6.45) is -0.0407. The van der Waals surface area contributed by atoms with Gasteiger partial charge in [0, 0.05) is 18.9 Å². The van der Waals surface area contributed by atoms with E-state index >= 15 is 0 Å². The molecule has 1 aromatic carbocycles. The second kappa shape index (κ2) is 11.5. The molecule has 8 nitrogen and oxygen atoms in total. The molecule has 0 spiro atoms. The van der Waals surface area contributed by atoms with Crippen LogP contribution in [0.15, 0.2) is 24.3 Å². The highest BCUT2D eigenvalue weighted by Gasteiger charge is 2.39. The Hall–Kier alpha value is -2.52. The molecule has 1 amide bonds. The zero-order valence-electron chi connectivity index (χ0n) is 21.7. The maximum Gasteiger partial charge on any atom is 0.331 e. The number of halogens is 1. The van der Waals surface area contributed by atoms with Crippen LogP contribution in [0.3, 0.4) is 0 Å². The molecule has 0 saturated carbocycles.